The predicted octanol–water partition coefficient (Wildman–Crippen LogP) is 3.42. The van der Waals surface area contributed by atoms with E-state index in [1.165, 1.54) is 18.2 Å². The quantitative estimate of drug-likeness (QED) is 0.484. The van der Waals surface area contributed by atoms with Crippen LogP contribution in [0.5, 0.6) is 11.5 Å². The second-order valence-electron chi connectivity index (χ2n) is 6.24. The number of ether oxygens (including phenoxy) is 2. The van der Waals surface area contributed by atoms with Gasteiger partial charge in [0.1, 0.15) is 5.82 Å². The van der Waals surface area contributed by atoms with Gasteiger partial charge >= 0.3 is 0 Å². The van der Waals surface area contributed by atoms with Crippen LogP contribution >= 0.6 is 0 Å². The van der Waals surface area contributed by atoms with E-state index in [0.717, 1.165) is 5.56 Å². The van der Waals surface area contributed by atoms with E-state index in [2.05, 4.69) is 10.4 Å². The first-order valence-corrected chi connectivity index (χ1v) is 8.72. The van der Waals surface area contributed by atoms with Gasteiger partial charge in [0.15, 0.2) is 11.5 Å². The standard InChI is InChI=1S/C20H20N4O5/c1-13-11-15(24(26)27)7-8-16(13)20(25)22-18-9-10-21-23(18)12-14-5-4-6-17(28-2)19(14)29-3/h4-11H,12H2,1-3H3,(H,22,25). The molecule has 0 aliphatic rings. The fraction of sp³-hybridized carbons (Fsp3) is 0.200. The maximum absolute atomic E-state index is 12.7. The van der Waals surface area contributed by atoms with E-state index >= 15 is 0 Å². The fourth-order valence-corrected chi connectivity index (χ4v) is 3.00. The number of amides is 1. The molecule has 0 atom stereocenters. The molecule has 1 N–H and O–H groups in total. The molecule has 0 spiro atoms. The van der Waals surface area contributed by atoms with Gasteiger partial charge in [-0.2, -0.15) is 5.10 Å². The van der Waals surface area contributed by atoms with Crippen molar-refractivity contribution in [2.75, 3.05) is 19.5 Å². The molecule has 9 nitrogen and oxygen atoms in total. The monoisotopic (exact) mass is 396 g/mol. The first-order chi connectivity index (χ1) is 13.9. The molecular formula is C20H20N4O5. The van der Waals surface area contributed by atoms with Gasteiger partial charge < -0.3 is 14.8 Å². The molecule has 150 valence electrons. The lowest BCUT2D eigenvalue weighted by atomic mass is 10.1. The number of para-hydroxylation sites is 1. The normalized spacial score (nSPS) is 10.4. The number of aryl methyl sites for hydroxylation is 1. The van der Waals surface area contributed by atoms with Crippen molar-refractivity contribution in [2.45, 2.75) is 13.5 Å². The third-order valence-corrected chi connectivity index (χ3v) is 4.43. The minimum atomic E-state index is -0.495. The van der Waals surface area contributed by atoms with E-state index in [4.69, 9.17) is 9.47 Å². The van der Waals surface area contributed by atoms with Gasteiger partial charge in [-0.05, 0) is 24.6 Å². The Bertz CT molecular complexity index is 1060. The van der Waals surface area contributed by atoms with Gasteiger partial charge in [0.05, 0.1) is 31.9 Å². The van der Waals surface area contributed by atoms with Crippen LogP contribution in [-0.4, -0.2) is 34.8 Å². The number of nitrogens with zero attached hydrogens (tertiary/aromatic N) is 3. The van der Waals surface area contributed by atoms with Crippen LogP contribution in [0, 0.1) is 17.0 Å². The van der Waals surface area contributed by atoms with Crippen molar-refractivity contribution in [3.8, 4) is 11.5 Å². The van der Waals surface area contributed by atoms with Crippen LogP contribution < -0.4 is 14.8 Å². The summed E-state index contributed by atoms with van der Waals surface area (Å²) in [6.07, 6.45) is 1.57. The van der Waals surface area contributed by atoms with Gasteiger partial charge in [-0.1, -0.05) is 12.1 Å². The molecule has 0 saturated carbocycles. The Hall–Kier alpha value is -3.88. The summed E-state index contributed by atoms with van der Waals surface area (Å²) in [4.78, 5) is 23.1. The fourth-order valence-electron chi connectivity index (χ4n) is 3.00. The van der Waals surface area contributed by atoms with Crippen LogP contribution in [0.4, 0.5) is 11.5 Å². The molecule has 0 radical (unpaired) electrons. The molecule has 3 aromatic rings. The zero-order valence-corrected chi connectivity index (χ0v) is 16.2. The van der Waals surface area contributed by atoms with Gasteiger partial charge in [-0.25, -0.2) is 4.68 Å². The number of nitrogens with one attached hydrogen (secondary N) is 1. The van der Waals surface area contributed by atoms with E-state index < -0.39 is 4.92 Å². The van der Waals surface area contributed by atoms with Gasteiger partial charge in [0, 0.05) is 29.3 Å². The number of carbonyl (C=O) groups excluding carboxylic acids is 1. The highest BCUT2D eigenvalue weighted by Crippen LogP contribution is 2.31. The molecule has 1 aromatic heterocycles. The summed E-state index contributed by atoms with van der Waals surface area (Å²) in [5.74, 6) is 1.30. The summed E-state index contributed by atoms with van der Waals surface area (Å²) in [5.41, 5.74) is 1.63. The van der Waals surface area contributed by atoms with E-state index in [1.54, 1.807) is 44.2 Å². The number of hydrogen-bond acceptors (Lipinski definition) is 6. The van der Waals surface area contributed by atoms with Gasteiger partial charge in [-0.3, -0.25) is 14.9 Å². The van der Waals surface area contributed by atoms with Crippen molar-refractivity contribution in [2.24, 2.45) is 0 Å². The third kappa shape index (κ3) is 4.18. The van der Waals surface area contributed by atoms with Crippen molar-refractivity contribution in [1.82, 2.24) is 9.78 Å². The maximum Gasteiger partial charge on any atom is 0.269 e. The van der Waals surface area contributed by atoms with E-state index in [1.807, 2.05) is 12.1 Å². The zero-order valence-electron chi connectivity index (χ0n) is 16.2. The van der Waals surface area contributed by atoms with E-state index in [9.17, 15) is 14.9 Å². The highest BCUT2D eigenvalue weighted by atomic mass is 16.6. The Labute approximate surface area is 167 Å². The van der Waals surface area contributed by atoms with Crippen LogP contribution in [0.2, 0.25) is 0 Å². The van der Waals surface area contributed by atoms with E-state index in [-0.39, 0.29) is 11.6 Å². The Morgan fingerprint density at radius 2 is 2.00 bits per heavy atom. The number of nitro groups is 1. The maximum atomic E-state index is 12.7. The Morgan fingerprint density at radius 1 is 1.21 bits per heavy atom. The number of hydrogen-bond donors (Lipinski definition) is 1. The van der Waals surface area contributed by atoms with Gasteiger partial charge in [0.25, 0.3) is 11.6 Å². The predicted molar refractivity (Wildman–Crippen MR) is 107 cm³/mol. The molecule has 0 unspecified atom stereocenters. The Morgan fingerprint density at radius 3 is 2.66 bits per heavy atom. The number of methoxy groups -OCH3 is 2. The minimum Gasteiger partial charge on any atom is -0.493 e. The van der Waals surface area contributed by atoms with Crippen molar-refractivity contribution < 1.29 is 19.2 Å². The van der Waals surface area contributed by atoms with Crippen LogP contribution in [-0.2, 0) is 6.54 Å². The summed E-state index contributed by atoms with van der Waals surface area (Å²) >= 11 is 0. The number of non-ortho nitro benzene ring substituents is 1. The first-order valence-electron chi connectivity index (χ1n) is 8.72. The Kier molecular flexibility index (Phi) is 5.77. The number of rotatable bonds is 7. The molecule has 0 bridgehead atoms. The molecule has 9 heteroatoms. The lowest BCUT2D eigenvalue weighted by Gasteiger charge is -2.14. The second kappa shape index (κ2) is 8.42. The lowest BCUT2D eigenvalue weighted by Crippen LogP contribution is -2.17. The molecule has 29 heavy (non-hydrogen) atoms. The molecule has 0 saturated heterocycles. The van der Waals surface area contributed by atoms with Crippen LogP contribution in [0.3, 0.4) is 0 Å². The molecule has 0 aliphatic carbocycles. The lowest BCUT2D eigenvalue weighted by molar-refractivity contribution is -0.384. The number of anilines is 1. The highest BCUT2D eigenvalue weighted by Gasteiger charge is 2.16. The smallest absolute Gasteiger partial charge is 0.269 e. The molecular weight excluding hydrogens is 376 g/mol. The molecule has 3 rings (SSSR count). The van der Waals surface area contributed by atoms with Gasteiger partial charge in [0.2, 0.25) is 0 Å². The van der Waals surface area contributed by atoms with Crippen LogP contribution in [0.15, 0.2) is 48.7 Å². The zero-order chi connectivity index (χ0) is 21.0. The van der Waals surface area contributed by atoms with Crippen LogP contribution in [0.25, 0.3) is 0 Å². The molecule has 2 aromatic carbocycles. The van der Waals surface area contributed by atoms with Crippen molar-refractivity contribution >= 4 is 17.4 Å². The number of nitro benzene ring substituents is 1. The molecule has 0 fully saturated rings. The highest BCUT2D eigenvalue weighted by molar-refractivity contribution is 6.05. The number of aromatic nitrogens is 2. The summed E-state index contributed by atoms with van der Waals surface area (Å²) in [5, 5.41) is 17.9. The first kappa shape index (κ1) is 19.9. The van der Waals surface area contributed by atoms with Crippen LogP contribution in [0.1, 0.15) is 21.5 Å². The number of carbonyl (C=O) groups is 1. The number of benzene rings is 2. The molecule has 1 amide bonds. The SMILES string of the molecule is COc1cccc(Cn2nccc2NC(=O)c2ccc([N+](=O)[O-])cc2C)c1OC. The average molecular weight is 396 g/mol. The summed E-state index contributed by atoms with van der Waals surface area (Å²) < 4.78 is 12.4. The summed E-state index contributed by atoms with van der Waals surface area (Å²) in [6.45, 7) is 2.00. The average Bonchev–Trinajstić information content (AvgIpc) is 3.13. The topological polar surface area (TPSA) is 109 Å². The second-order valence-corrected chi connectivity index (χ2v) is 6.24. The van der Waals surface area contributed by atoms with Crippen molar-refractivity contribution in [3.63, 3.8) is 0 Å². The van der Waals surface area contributed by atoms with Crippen molar-refractivity contribution in [1.29, 1.82) is 0 Å². The summed E-state index contributed by atoms with van der Waals surface area (Å²) in [7, 11) is 3.12. The largest absolute Gasteiger partial charge is 0.493 e. The molecule has 1 heterocycles. The van der Waals surface area contributed by atoms with E-state index in [0.29, 0.717) is 35.0 Å². The summed E-state index contributed by atoms with van der Waals surface area (Å²) in [6, 6.07) is 11.3. The Balaban J connectivity index is 1.83. The van der Waals surface area contributed by atoms with Gasteiger partial charge in [-0.15, -0.1) is 0 Å². The van der Waals surface area contributed by atoms with Crippen molar-refractivity contribution in [3.05, 3.63) is 75.5 Å². The third-order valence-electron chi connectivity index (χ3n) is 4.43. The molecule has 0 aliphatic heterocycles. The minimum absolute atomic E-state index is 0.0609.